The molecular formula is C44H36N6O5S2. The molecule has 1 aromatic heterocycles. The van der Waals surface area contributed by atoms with E-state index in [1.807, 2.05) is 152 Å². The van der Waals surface area contributed by atoms with Gasteiger partial charge in [-0.2, -0.15) is 9.36 Å². The highest BCUT2D eigenvalue weighted by atomic mass is 32.2. The van der Waals surface area contributed by atoms with E-state index in [0.717, 1.165) is 39.3 Å². The Kier molecular flexibility index (Phi) is 10.7. The maximum Gasteiger partial charge on any atom is 0.356 e. The molecule has 2 aliphatic heterocycles. The van der Waals surface area contributed by atoms with Crippen LogP contribution in [0.1, 0.15) is 46.7 Å². The van der Waals surface area contributed by atoms with Crippen molar-refractivity contribution in [2.45, 2.75) is 30.0 Å². The molecule has 11 nitrogen and oxygen atoms in total. The van der Waals surface area contributed by atoms with Gasteiger partial charge in [0, 0.05) is 34.0 Å². The number of hydrogen-bond acceptors (Lipinski definition) is 11. The number of nitrogen functional groups attached to an aromatic ring is 1. The predicted octanol–water partition coefficient (Wildman–Crippen LogP) is 6.84. The molecule has 5 aromatic carbocycles. The summed E-state index contributed by atoms with van der Waals surface area (Å²) in [4.78, 5) is 54.6. The second-order valence-electron chi connectivity index (χ2n) is 13.4. The number of carbonyl (C=O) groups is 3. The van der Waals surface area contributed by atoms with E-state index in [2.05, 4.69) is 19.8 Å². The summed E-state index contributed by atoms with van der Waals surface area (Å²) in [5.74, 6) is -1.48. The quantitative estimate of drug-likeness (QED) is 0.0447. The van der Waals surface area contributed by atoms with Gasteiger partial charge in [0.25, 0.3) is 11.8 Å². The monoisotopic (exact) mass is 792 g/mol. The first kappa shape index (κ1) is 37.4. The number of anilines is 1. The molecule has 57 heavy (non-hydrogen) atoms. The number of benzene rings is 5. The van der Waals surface area contributed by atoms with E-state index in [4.69, 9.17) is 15.3 Å². The van der Waals surface area contributed by atoms with Crippen molar-refractivity contribution in [3.8, 4) is 0 Å². The predicted molar refractivity (Wildman–Crippen MR) is 220 cm³/mol. The number of β-lactam (4-membered cyclic amide) rings is 1. The fourth-order valence-corrected chi connectivity index (χ4v) is 8.75. The number of nitrogens with one attached hydrogen (secondary N) is 1. The van der Waals surface area contributed by atoms with Crippen LogP contribution in [0.2, 0.25) is 0 Å². The summed E-state index contributed by atoms with van der Waals surface area (Å²) in [5.41, 5.74) is 9.10. The summed E-state index contributed by atoms with van der Waals surface area (Å²) in [6.07, 6.45) is -0.702. The molecule has 2 amide bonds. The molecular weight excluding hydrogens is 757 g/mol. The first-order valence-corrected chi connectivity index (χ1v) is 20.0. The molecule has 8 rings (SSSR count). The molecule has 2 aliphatic rings. The van der Waals surface area contributed by atoms with E-state index in [1.54, 1.807) is 6.92 Å². The second kappa shape index (κ2) is 16.3. The zero-order valence-electron chi connectivity index (χ0n) is 30.6. The third-order valence-corrected chi connectivity index (χ3v) is 11.7. The van der Waals surface area contributed by atoms with Crippen molar-refractivity contribution >= 4 is 51.9 Å². The number of thioether (sulfide) groups is 1. The van der Waals surface area contributed by atoms with Crippen LogP contribution in [0.15, 0.2) is 168 Å². The van der Waals surface area contributed by atoms with Gasteiger partial charge >= 0.3 is 5.97 Å². The number of oxime groups is 1. The number of carbonyl (C=O) groups excluding carboxylic acids is 3. The number of hydrogen-bond donors (Lipinski definition) is 2. The van der Waals surface area contributed by atoms with Crippen LogP contribution >= 0.6 is 23.3 Å². The first-order valence-electron chi connectivity index (χ1n) is 18.1. The van der Waals surface area contributed by atoms with Crippen molar-refractivity contribution in [2.24, 2.45) is 5.16 Å². The molecule has 0 bridgehead atoms. The molecule has 3 N–H and O–H groups in total. The molecule has 3 heterocycles. The number of esters is 1. The minimum absolute atomic E-state index is 0.0640. The maximum atomic E-state index is 14.3. The Hall–Kier alpha value is -6.57. The second-order valence-corrected chi connectivity index (χ2v) is 15.3. The van der Waals surface area contributed by atoms with Crippen LogP contribution in [0.4, 0.5) is 5.13 Å². The maximum absolute atomic E-state index is 14.3. The lowest BCUT2D eigenvalue weighted by Crippen LogP contribution is -2.71. The summed E-state index contributed by atoms with van der Waals surface area (Å²) in [7, 11) is 0. The Bertz CT molecular complexity index is 2310. The molecule has 0 unspecified atom stereocenters. The van der Waals surface area contributed by atoms with Crippen molar-refractivity contribution in [1.29, 1.82) is 0 Å². The Labute approximate surface area is 337 Å². The number of fused-ring (bicyclic) bond motifs is 1. The molecule has 6 aromatic rings. The minimum Gasteiger partial charge on any atom is -0.448 e. The number of rotatable bonds is 12. The molecule has 0 radical (unpaired) electrons. The van der Waals surface area contributed by atoms with E-state index in [0.29, 0.717) is 11.3 Å². The van der Waals surface area contributed by atoms with Gasteiger partial charge in [-0.15, -0.1) is 11.8 Å². The van der Waals surface area contributed by atoms with Gasteiger partial charge in [-0.1, -0.05) is 157 Å². The van der Waals surface area contributed by atoms with Gasteiger partial charge in [0.15, 0.2) is 11.2 Å². The molecule has 13 heteroatoms. The number of aromatic nitrogens is 2. The summed E-state index contributed by atoms with van der Waals surface area (Å²) in [5, 5.41) is 6.88. The fourth-order valence-electron chi connectivity index (χ4n) is 7.02. The smallest absolute Gasteiger partial charge is 0.356 e. The standard InChI is InChI=1S/C44H36N6O5S2/c1-28-27-56-41-35(40(52)50(41)36(28)42(53)54-37(29-17-7-2-8-18-29)30-19-9-3-10-20-30)46-39(51)34(38-47-43(45)57-49-38)48-55-44(31-21-11-4-12-22-31,32-23-13-5-14-24-32)33-25-15-6-16-26-33/h2-26,35,37,41H,27H2,1H3,(H,46,51)(H2,45,47,49)/b48-34-/t35-,41-/m1/s1. The first-order chi connectivity index (χ1) is 27.8. The van der Waals surface area contributed by atoms with Crippen LogP contribution in [0.3, 0.4) is 0 Å². The van der Waals surface area contributed by atoms with Crippen LogP contribution in [-0.2, 0) is 29.6 Å². The summed E-state index contributed by atoms with van der Waals surface area (Å²) >= 11 is 2.33. The average Bonchev–Trinajstić information content (AvgIpc) is 3.70. The van der Waals surface area contributed by atoms with Crippen LogP contribution < -0.4 is 11.1 Å². The topological polar surface area (TPSA) is 149 Å². The normalized spacial score (nSPS) is 16.8. The third kappa shape index (κ3) is 7.30. The highest BCUT2D eigenvalue weighted by Gasteiger charge is 2.54. The Balaban J connectivity index is 1.09. The Morgan fingerprint density at radius 3 is 1.77 bits per heavy atom. The molecule has 1 saturated heterocycles. The number of amides is 2. The molecule has 0 aliphatic carbocycles. The van der Waals surface area contributed by atoms with E-state index < -0.39 is 40.9 Å². The molecule has 1 fully saturated rings. The zero-order valence-corrected chi connectivity index (χ0v) is 32.2. The number of nitrogens with two attached hydrogens (primary N) is 1. The van der Waals surface area contributed by atoms with Crippen molar-refractivity contribution in [1.82, 2.24) is 19.6 Å². The summed E-state index contributed by atoms with van der Waals surface area (Å²) in [6.45, 7) is 1.80. The number of ether oxygens (including phenoxy) is 1. The lowest BCUT2D eigenvalue weighted by Gasteiger charge is -2.49. The Morgan fingerprint density at radius 1 is 0.807 bits per heavy atom. The van der Waals surface area contributed by atoms with Gasteiger partial charge in [0.2, 0.25) is 17.1 Å². The van der Waals surface area contributed by atoms with E-state index >= 15 is 0 Å². The van der Waals surface area contributed by atoms with Crippen molar-refractivity contribution < 1.29 is 24.0 Å². The Morgan fingerprint density at radius 2 is 1.30 bits per heavy atom. The largest absolute Gasteiger partial charge is 0.448 e. The van der Waals surface area contributed by atoms with Gasteiger partial charge in [-0.3, -0.25) is 14.5 Å². The lowest BCUT2D eigenvalue weighted by atomic mass is 9.80. The minimum atomic E-state index is -1.31. The molecule has 284 valence electrons. The van der Waals surface area contributed by atoms with Gasteiger partial charge in [0.1, 0.15) is 17.1 Å². The fraction of sp³-hybridized carbons (Fsp3) is 0.136. The highest BCUT2D eigenvalue weighted by molar-refractivity contribution is 8.00. The molecule has 2 atom stereocenters. The van der Waals surface area contributed by atoms with Crippen LogP contribution in [0.5, 0.6) is 0 Å². The van der Waals surface area contributed by atoms with Gasteiger partial charge in [-0.25, -0.2) is 4.79 Å². The molecule has 0 saturated carbocycles. The van der Waals surface area contributed by atoms with Gasteiger partial charge in [-0.05, 0) is 23.6 Å². The van der Waals surface area contributed by atoms with E-state index in [1.165, 1.54) is 16.7 Å². The van der Waals surface area contributed by atoms with E-state index in [-0.39, 0.29) is 22.4 Å². The van der Waals surface area contributed by atoms with Crippen LogP contribution in [0.25, 0.3) is 0 Å². The average molecular weight is 793 g/mol. The third-order valence-electron chi connectivity index (χ3n) is 9.75. The van der Waals surface area contributed by atoms with Crippen LogP contribution in [0, 0.1) is 0 Å². The van der Waals surface area contributed by atoms with Crippen LogP contribution in [-0.4, -0.2) is 54.9 Å². The molecule has 0 spiro atoms. The lowest BCUT2D eigenvalue weighted by molar-refractivity contribution is -0.154. The zero-order chi connectivity index (χ0) is 39.4. The number of nitrogens with zero attached hydrogens (tertiary/aromatic N) is 4. The van der Waals surface area contributed by atoms with Crippen molar-refractivity contribution in [3.63, 3.8) is 0 Å². The SMILES string of the molecule is CC1=C(C(=O)OC(c2ccccc2)c2ccccc2)N2C(=O)[C@@H](NC(=O)/C(=N\OC(c3ccccc3)(c3ccccc3)c3ccccc3)c3nsc(N)n3)[C@H]2SC1. The van der Waals surface area contributed by atoms with Crippen molar-refractivity contribution in [3.05, 3.63) is 197 Å². The van der Waals surface area contributed by atoms with Gasteiger partial charge < -0.3 is 20.6 Å². The van der Waals surface area contributed by atoms with Crippen molar-refractivity contribution in [2.75, 3.05) is 11.5 Å². The summed E-state index contributed by atoms with van der Waals surface area (Å²) < 4.78 is 10.5. The van der Waals surface area contributed by atoms with E-state index in [9.17, 15) is 14.4 Å². The highest BCUT2D eigenvalue weighted by Crippen LogP contribution is 2.43. The van der Waals surface area contributed by atoms with Gasteiger partial charge in [0.05, 0.1) is 0 Å². The summed E-state index contributed by atoms with van der Waals surface area (Å²) in [6, 6.07) is 46.6.